The summed E-state index contributed by atoms with van der Waals surface area (Å²) < 4.78 is 41.2. The summed E-state index contributed by atoms with van der Waals surface area (Å²) in [4.78, 5) is 15.0. The van der Waals surface area contributed by atoms with Gasteiger partial charge in [-0.1, -0.05) is 6.42 Å². The third-order valence-corrected chi connectivity index (χ3v) is 5.44. The molecule has 3 heterocycles. The second-order valence-electron chi connectivity index (χ2n) is 7.27. The van der Waals surface area contributed by atoms with E-state index in [-0.39, 0.29) is 11.4 Å². The molecule has 1 aromatic carbocycles. The Morgan fingerprint density at radius 3 is 2.93 bits per heavy atom. The smallest absolute Gasteiger partial charge is 0.406 e. The number of fused-ring (bicyclic) bond motifs is 2. The Bertz CT molecular complexity index is 836. The third kappa shape index (κ3) is 4.02. The molecule has 4 rings (SSSR count). The molecule has 2 N–H and O–H groups in total. The van der Waals surface area contributed by atoms with Crippen molar-refractivity contribution in [2.45, 2.75) is 38.1 Å². The van der Waals surface area contributed by atoms with Crippen molar-refractivity contribution in [3.63, 3.8) is 0 Å². The molecule has 1 amide bonds. The highest BCUT2D eigenvalue weighted by molar-refractivity contribution is 6.05. The molecule has 27 heavy (non-hydrogen) atoms. The Kier molecular flexibility index (Phi) is 4.71. The predicted octanol–water partition coefficient (Wildman–Crippen LogP) is 3.07. The lowest BCUT2D eigenvalue weighted by Gasteiger charge is -2.40. The Morgan fingerprint density at radius 1 is 1.33 bits per heavy atom. The fourth-order valence-corrected chi connectivity index (χ4v) is 3.98. The van der Waals surface area contributed by atoms with E-state index in [2.05, 4.69) is 25.2 Å². The Morgan fingerprint density at radius 2 is 2.19 bits per heavy atom. The number of amides is 1. The lowest BCUT2D eigenvalue weighted by atomic mass is 10.00. The van der Waals surface area contributed by atoms with Gasteiger partial charge < -0.3 is 10.1 Å². The van der Waals surface area contributed by atoms with Crippen LogP contribution in [0.25, 0.3) is 10.9 Å². The molecule has 9 heteroatoms. The number of rotatable bonds is 4. The van der Waals surface area contributed by atoms with Crippen LogP contribution >= 0.6 is 0 Å². The largest absolute Gasteiger partial charge is 0.573 e. The summed E-state index contributed by atoms with van der Waals surface area (Å²) in [7, 11) is 0. The number of ether oxygens (including phenoxy) is 1. The number of benzene rings is 1. The third-order valence-electron chi connectivity index (χ3n) is 5.44. The number of aromatic nitrogens is 2. The molecule has 6 nitrogen and oxygen atoms in total. The van der Waals surface area contributed by atoms with Gasteiger partial charge in [-0.25, -0.2) is 0 Å². The zero-order valence-corrected chi connectivity index (χ0v) is 14.7. The van der Waals surface area contributed by atoms with E-state index in [1.54, 1.807) is 0 Å². The van der Waals surface area contributed by atoms with Crippen LogP contribution in [-0.4, -0.2) is 53.0 Å². The molecule has 2 atom stereocenters. The summed E-state index contributed by atoms with van der Waals surface area (Å²) in [5.74, 6) is -0.388. The van der Waals surface area contributed by atoms with Crippen LogP contribution in [0.15, 0.2) is 18.2 Å². The molecule has 0 bridgehead atoms. The minimum absolute atomic E-state index is 0.0769. The molecule has 2 aliphatic rings. The highest BCUT2D eigenvalue weighted by Crippen LogP contribution is 2.29. The number of nitrogens with zero attached hydrogens (tertiary/aromatic N) is 2. The quantitative estimate of drug-likeness (QED) is 0.853. The molecule has 2 saturated heterocycles. The second-order valence-corrected chi connectivity index (χ2v) is 7.27. The topological polar surface area (TPSA) is 70.2 Å². The molecule has 2 fully saturated rings. The van der Waals surface area contributed by atoms with Gasteiger partial charge in [0.15, 0.2) is 5.69 Å². The number of hydrogen-bond acceptors (Lipinski definition) is 4. The summed E-state index contributed by atoms with van der Waals surface area (Å²) in [5.41, 5.74) is 0.556. The van der Waals surface area contributed by atoms with Crippen molar-refractivity contribution >= 4 is 16.8 Å². The van der Waals surface area contributed by atoms with Gasteiger partial charge in [0, 0.05) is 24.5 Å². The number of nitrogens with one attached hydrogen (secondary N) is 2. The van der Waals surface area contributed by atoms with Crippen LogP contribution in [0.5, 0.6) is 5.75 Å². The molecule has 1 aromatic heterocycles. The van der Waals surface area contributed by atoms with Crippen LogP contribution in [0.2, 0.25) is 0 Å². The second kappa shape index (κ2) is 7.03. The monoisotopic (exact) mass is 382 g/mol. The van der Waals surface area contributed by atoms with E-state index in [0.29, 0.717) is 29.4 Å². The summed E-state index contributed by atoms with van der Waals surface area (Å²) in [5, 5.41) is 9.84. The van der Waals surface area contributed by atoms with Crippen molar-refractivity contribution in [2.75, 3.05) is 19.6 Å². The highest BCUT2D eigenvalue weighted by Gasteiger charge is 2.33. The summed E-state index contributed by atoms with van der Waals surface area (Å²) in [6, 6.07) is 4.48. The van der Waals surface area contributed by atoms with Crippen LogP contribution in [0.3, 0.4) is 0 Å². The minimum Gasteiger partial charge on any atom is -0.406 e. The maximum Gasteiger partial charge on any atom is 0.573 e. The van der Waals surface area contributed by atoms with Crippen molar-refractivity contribution in [1.82, 2.24) is 20.4 Å². The lowest BCUT2D eigenvalue weighted by molar-refractivity contribution is -0.274. The van der Waals surface area contributed by atoms with E-state index in [0.717, 1.165) is 25.9 Å². The van der Waals surface area contributed by atoms with Crippen LogP contribution in [0, 0.1) is 5.92 Å². The molecule has 0 aliphatic carbocycles. The SMILES string of the molecule is O=C(NCC1CCCC2CCN2C1)c1n[nH]c2ccc(OC(F)(F)F)cc12. The van der Waals surface area contributed by atoms with E-state index in [4.69, 9.17) is 0 Å². The first-order valence-corrected chi connectivity index (χ1v) is 9.15. The predicted molar refractivity (Wildman–Crippen MR) is 92.4 cm³/mol. The number of alkyl halides is 3. The molecule has 0 saturated carbocycles. The Balaban J connectivity index is 1.43. The van der Waals surface area contributed by atoms with Gasteiger partial charge in [0.1, 0.15) is 5.75 Å². The number of H-pyrrole nitrogens is 1. The van der Waals surface area contributed by atoms with Gasteiger partial charge in [-0.05, 0) is 49.9 Å². The number of hydrogen-bond donors (Lipinski definition) is 2. The molecular formula is C18H21F3N4O2. The lowest BCUT2D eigenvalue weighted by Crippen LogP contribution is -2.49. The average Bonchev–Trinajstić information content (AvgIpc) is 2.94. The average molecular weight is 382 g/mol. The summed E-state index contributed by atoms with van der Waals surface area (Å²) in [6.45, 7) is 2.64. The van der Waals surface area contributed by atoms with Crippen LogP contribution in [0.1, 0.15) is 36.2 Å². The maximum absolute atomic E-state index is 12.5. The fourth-order valence-electron chi connectivity index (χ4n) is 3.98. The Labute approximate surface area is 154 Å². The van der Waals surface area contributed by atoms with Crippen LogP contribution in [-0.2, 0) is 0 Å². The number of carbonyl (C=O) groups is 1. The molecule has 0 spiro atoms. The first-order chi connectivity index (χ1) is 12.9. The van der Waals surface area contributed by atoms with E-state index >= 15 is 0 Å². The molecule has 2 unspecified atom stereocenters. The van der Waals surface area contributed by atoms with E-state index in [1.165, 1.54) is 31.0 Å². The van der Waals surface area contributed by atoms with Crippen molar-refractivity contribution in [2.24, 2.45) is 5.92 Å². The van der Waals surface area contributed by atoms with Gasteiger partial charge >= 0.3 is 6.36 Å². The number of halogens is 3. The first-order valence-electron chi connectivity index (χ1n) is 9.15. The highest BCUT2D eigenvalue weighted by atomic mass is 19.4. The maximum atomic E-state index is 12.5. The van der Waals surface area contributed by atoms with Crippen molar-refractivity contribution in [3.05, 3.63) is 23.9 Å². The van der Waals surface area contributed by atoms with Crippen LogP contribution < -0.4 is 10.1 Å². The summed E-state index contributed by atoms with van der Waals surface area (Å²) in [6.07, 6.45) is -0.0749. The van der Waals surface area contributed by atoms with E-state index < -0.39 is 12.3 Å². The van der Waals surface area contributed by atoms with Crippen molar-refractivity contribution < 1.29 is 22.7 Å². The number of aromatic amines is 1. The molecule has 2 aromatic rings. The zero-order chi connectivity index (χ0) is 19.0. The molecular weight excluding hydrogens is 361 g/mol. The zero-order valence-electron chi connectivity index (χ0n) is 14.7. The number of carbonyl (C=O) groups excluding carboxylic acids is 1. The van der Waals surface area contributed by atoms with Crippen LogP contribution in [0.4, 0.5) is 13.2 Å². The molecule has 2 aliphatic heterocycles. The molecule has 0 radical (unpaired) electrons. The standard InChI is InChI=1S/C18H21F3N4O2/c19-18(20,21)27-13-4-5-15-14(8-13)16(24-23-15)17(26)22-9-11-2-1-3-12-6-7-25(12)10-11/h4-5,8,11-12H,1-3,6-7,9-10H2,(H,22,26)(H,23,24). The molecule has 146 valence electrons. The van der Waals surface area contributed by atoms with Crippen molar-refractivity contribution in [3.8, 4) is 5.75 Å². The van der Waals surface area contributed by atoms with Gasteiger partial charge in [0.25, 0.3) is 5.91 Å². The normalized spacial score (nSPS) is 23.4. The summed E-state index contributed by atoms with van der Waals surface area (Å²) >= 11 is 0. The minimum atomic E-state index is -4.78. The van der Waals surface area contributed by atoms with E-state index in [1.807, 2.05) is 0 Å². The Hall–Kier alpha value is -2.29. The fraction of sp³-hybridized carbons (Fsp3) is 0.556. The van der Waals surface area contributed by atoms with Gasteiger partial charge in [0.2, 0.25) is 0 Å². The van der Waals surface area contributed by atoms with Gasteiger partial charge in [0.05, 0.1) is 5.52 Å². The van der Waals surface area contributed by atoms with Gasteiger partial charge in [-0.15, -0.1) is 13.2 Å². The van der Waals surface area contributed by atoms with Crippen molar-refractivity contribution in [1.29, 1.82) is 0 Å². The van der Waals surface area contributed by atoms with Gasteiger partial charge in [-0.3, -0.25) is 14.8 Å². The van der Waals surface area contributed by atoms with Gasteiger partial charge in [-0.2, -0.15) is 5.10 Å². The first kappa shape index (κ1) is 18.1. The van der Waals surface area contributed by atoms with E-state index in [9.17, 15) is 18.0 Å².